The lowest BCUT2D eigenvalue weighted by Crippen LogP contribution is -1.99. The minimum Gasteiger partial charge on any atom is -0.492 e. The van der Waals surface area contributed by atoms with Gasteiger partial charge in [-0.1, -0.05) is 24.3 Å². The van der Waals surface area contributed by atoms with Crippen LogP contribution in [0.5, 0.6) is 5.75 Å². The Kier molecular flexibility index (Phi) is 4.83. The molecule has 0 aliphatic heterocycles. The predicted octanol–water partition coefficient (Wildman–Crippen LogP) is 5.18. The smallest absolute Gasteiger partial charge is 0.141 e. The quantitative estimate of drug-likeness (QED) is 0.695. The molecule has 4 heteroatoms. The van der Waals surface area contributed by atoms with Gasteiger partial charge < -0.3 is 4.74 Å². The first-order valence-corrected chi connectivity index (χ1v) is 7.20. The molecule has 0 radical (unpaired) electrons. The topological polar surface area (TPSA) is 9.23 Å². The lowest BCUT2D eigenvalue weighted by atomic mass is 10.0. The minimum absolute atomic E-state index is 0.342. The Morgan fingerprint density at radius 3 is 2.63 bits per heavy atom. The van der Waals surface area contributed by atoms with Crippen LogP contribution in [0.1, 0.15) is 5.56 Å². The van der Waals surface area contributed by atoms with E-state index in [4.69, 9.17) is 16.3 Å². The Bertz CT molecular complexity index is 586. The summed E-state index contributed by atoms with van der Waals surface area (Å²) >= 11 is 8.87. The van der Waals surface area contributed by atoms with Crippen molar-refractivity contribution in [2.75, 3.05) is 12.5 Å². The predicted molar refractivity (Wildman–Crippen MR) is 80.5 cm³/mol. The van der Waals surface area contributed by atoms with Crippen molar-refractivity contribution in [3.8, 4) is 16.9 Å². The second-order valence-corrected chi connectivity index (χ2v) is 5.29. The minimum atomic E-state index is -0.342. The van der Waals surface area contributed by atoms with Gasteiger partial charge in [0.25, 0.3) is 0 Å². The zero-order valence-corrected chi connectivity index (χ0v) is 12.8. The van der Waals surface area contributed by atoms with Gasteiger partial charge >= 0.3 is 0 Å². The highest BCUT2D eigenvalue weighted by Crippen LogP contribution is 2.35. The van der Waals surface area contributed by atoms with Gasteiger partial charge in [-0.25, -0.2) is 4.39 Å². The standard InChI is InChI=1S/C15H13BrClFO/c1-10-4-2-3-5-12(10)13-8-11(19-7-6-17)9-14(18)15(13)16/h2-5,8-9H,6-7H2,1H3. The van der Waals surface area contributed by atoms with E-state index in [2.05, 4.69) is 15.9 Å². The van der Waals surface area contributed by atoms with Gasteiger partial charge in [0.1, 0.15) is 18.2 Å². The Morgan fingerprint density at radius 2 is 1.95 bits per heavy atom. The summed E-state index contributed by atoms with van der Waals surface area (Å²) in [5.74, 6) is 0.516. The third-order valence-corrected chi connectivity index (χ3v) is 3.74. The fourth-order valence-corrected chi connectivity index (χ4v) is 2.39. The van der Waals surface area contributed by atoms with Crippen LogP contribution in [0.4, 0.5) is 4.39 Å². The van der Waals surface area contributed by atoms with Gasteiger partial charge in [0.2, 0.25) is 0 Å². The maximum absolute atomic E-state index is 13.9. The Hall–Kier alpha value is -1.06. The van der Waals surface area contributed by atoms with Crippen LogP contribution in [-0.4, -0.2) is 12.5 Å². The van der Waals surface area contributed by atoms with Gasteiger partial charge in [-0.3, -0.25) is 0 Å². The fourth-order valence-electron chi connectivity index (χ4n) is 1.88. The lowest BCUT2D eigenvalue weighted by Gasteiger charge is -2.12. The number of rotatable bonds is 4. The molecule has 0 fully saturated rings. The van der Waals surface area contributed by atoms with Gasteiger partial charge in [0.05, 0.1) is 10.4 Å². The first kappa shape index (κ1) is 14.4. The lowest BCUT2D eigenvalue weighted by molar-refractivity contribution is 0.341. The summed E-state index contributed by atoms with van der Waals surface area (Å²) in [6.07, 6.45) is 0. The number of halogens is 3. The summed E-state index contributed by atoms with van der Waals surface area (Å²) in [4.78, 5) is 0. The van der Waals surface area contributed by atoms with Crippen molar-refractivity contribution >= 4 is 27.5 Å². The van der Waals surface area contributed by atoms with E-state index >= 15 is 0 Å². The molecule has 2 rings (SSSR count). The summed E-state index contributed by atoms with van der Waals surface area (Å²) in [5.41, 5.74) is 2.84. The van der Waals surface area contributed by atoms with Crippen molar-refractivity contribution in [2.24, 2.45) is 0 Å². The zero-order valence-electron chi connectivity index (χ0n) is 10.4. The molecule has 19 heavy (non-hydrogen) atoms. The summed E-state index contributed by atoms with van der Waals surface area (Å²) in [7, 11) is 0. The van der Waals surface area contributed by atoms with Crippen LogP contribution < -0.4 is 4.74 Å². The maximum atomic E-state index is 13.9. The molecule has 0 unspecified atom stereocenters. The summed E-state index contributed by atoms with van der Waals surface area (Å²) in [6, 6.07) is 11.0. The van der Waals surface area contributed by atoms with Crippen molar-refractivity contribution in [1.29, 1.82) is 0 Å². The molecule has 0 saturated heterocycles. The Balaban J connectivity index is 2.50. The van der Waals surface area contributed by atoms with Gasteiger partial charge in [0.15, 0.2) is 0 Å². The maximum Gasteiger partial charge on any atom is 0.141 e. The van der Waals surface area contributed by atoms with E-state index in [0.29, 0.717) is 22.7 Å². The summed E-state index contributed by atoms with van der Waals surface area (Å²) in [6.45, 7) is 2.35. The molecule has 0 bridgehead atoms. The number of ether oxygens (including phenoxy) is 1. The highest BCUT2D eigenvalue weighted by Gasteiger charge is 2.12. The van der Waals surface area contributed by atoms with E-state index < -0.39 is 0 Å². The van der Waals surface area contributed by atoms with Crippen LogP contribution >= 0.6 is 27.5 Å². The van der Waals surface area contributed by atoms with E-state index in [0.717, 1.165) is 16.7 Å². The second-order valence-electron chi connectivity index (χ2n) is 4.12. The molecule has 0 heterocycles. The van der Waals surface area contributed by atoms with Crippen LogP contribution in [0.15, 0.2) is 40.9 Å². The Labute approximate surface area is 125 Å². The van der Waals surface area contributed by atoms with Gasteiger partial charge in [0, 0.05) is 11.6 Å². The molecular weight excluding hydrogens is 331 g/mol. The number of hydrogen-bond acceptors (Lipinski definition) is 1. The third-order valence-electron chi connectivity index (χ3n) is 2.78. The molecule has 0 spiro atoms. The van der Waals surface area contributed by atoms with Crippen LogP contribution in [0.25, 0.3) is 11.1 Å². The van der Waals surface area contributed by atoms with E-state index in [9.17, 15) is 4.39 Å². The molecule has 2 aromatic carbocycles. The van der Waals surface area contributed by atoms with Crippen molar-refractivity contribution < 1.29 is 9.13 Å². The number of aryl methyl sites for hydroxylation is 1. The molecule has 100 valence electrons. The SMILES string of the molecule is Cc1ccccc1-c1cc(OCCCl)cc(F)c1Br. The van der Waals surface area contributed by atoms with E-state index in [-0.39, 0.29) is 5.82 Å². The first-order chi connectivity index (χ1) is 9.13. The summed E-state index contributed by atoms with van der Waals surface area (Å²) < 4.78 is 19.8. The van der Waals surface area contributed by atoms with Crippen LogP contribution in [0, 0.1) is 12.7 Å². The van der Waals surface area contributed by atoms with Crippen molar-refractivity contribution in [2.45, 2.75) is 6.92 Å². The number of hydrogen-bond donors (Lipinski definition) is 0. The van der Waals surface area contributed by atoms with Gasteiger partial charge in [-0.05, 0) is 40.0 Å². The monoisotopic (exact) mass is 342 g/mol. The fraction of sp³-hybridized carbons (Fsp3) is 0.200. The van der Waals surface area contributed by atoms with Crippen LogP contribution in [0.3, 0.4) is 0 Å². The first-order valence-electron chi connectivity index (χ1n) is 5.87. The Morgan fingerprint density at radius 1 is 1.21 bits per heavy atom. The molecule has 0 saturated carbocycles. The van der Waals surface area contributed by atoms with Crippen LogP contribution in [0.2, 0.25) is 0 Å². The third kappa shape index (κ3) is 3.28. The van der Waals surface area contributed by atoms with Gasteiger partial charge in [-0.2, -0.15) is 0 Å². The zero-order chi connectivity index (χ0) is 13.8. The normalized spacial score (nSPS) is 10.5. The van der Waals surface area contributed by atoms with Gasteiger partial charge in [-0.15, -0.1) is 11.6 Å². The average Bonchev–Trinajstić information content (AvgIpc) is 2.41. The van der Waals surface area contributed by atoms with E-state index in [1.165, 1.54) is 6.07 Å². The summed E-state index contributed by atoms with van der Waals surface area (Å²) in [5, 5.41) is 0. The molecule has 0 aliphatic carbocycles. The molecule has 1 nitrogen and oxygen atoms in total. The molecule has 0 amide bonds. The molecule has 0 N–H and O–H groups in total. The number of alkyl halides is 1. The van der Waals surface area contributed by atoms with Crippen molar-refractivity contribution in [3.05, 3.63) is 52.3 Å². The average molecular weight is 344 g/mol. The molecule has 0 aromatic heterocycles. The van der Waals surface area contributed by atoms with E-state index in [1.807, 2.05) is 37.3 Å². The highest BCUT2D eigenvalue weighted by atomic mass is 79.9. The molecule has 0 atom stereocenters. The van der Waals surface area contributed by atoms with Crippen molar-refractivity contribution in [3.63, 3.8) is 0 Å². The van der Waals surface area contributed by atoms with Crippen molar-refractivity contribution in [1.82, 2.24) is 0 Å². The van der Waals surface area contributed by atoms with Crippen LogP contribution in [-0.2, 0) is 0 Å². The molecule has 2 aromatic rings. The highest BCUT2D eigenvalue weighted by molar-refractivity contribution is 9.10. The number of benzene rings is 2. The largest absolute Gasteiger partial charge is 0.492 e. The van der Waals surface area contributed by atoms with E-state index in [1.54, 1.807) is 0 Å². The molecule has 0 aliphatic rings. The second kappa shape index (κ2) is 6.40. The molecular formula is C15H13BrClFO.